The SMILES string of the molecule is COC1CCCN(c2ccc(C)cc2C=O)C1. The highest BCUT2D eigenvalue weighted by molar-refractivity contribution is 5.85. The van der Waals surface area contributed by atoms with Crippen molar-refractivity contribution in [3.05, 3.63) is 29.3 Å². The largest absolute Gasteiger partial charge is 0.380 e. The highest BCUT2D eigenvalue weighted by atomic mass is 16.5. The molecule has 0 radical (unpaired) electrons. The van der Waals surface area contributed by atoms with Crippen LogP contribution >= 0.6 is 0 Å². The molecule has 1 unspecified atom stereocenters. The first-order valence-corrected chi connectivity index (χ1v) is 6.08. The van der Waals surface area contributed by atoms with Gasteiger partial charge >= 0.3 is 0 Å². The smallest absolute Gasteiger partial charge is 0.152 e. The molecule has 1 aliphatic rings. The Bertz CT molecular complexity index is 403. The monoisotopic (exact) mass is 233 g/mol. The van der Waals surface area contributed by atoms with E-state index in [0.29, 0.717) is 0 Å². The minimum Gasteiger partial charge on any atom is -0.380 e. The van der Waals surface area contributed by atoms with Crippen LogP contribution < -0.4 is 4.90 Å². The zero-order valence-corrected chi connectivity index (χ0v) is 10.5. The summed E-state index contributed by atoms with van der Waals surface area (Å²) in [6.07, 6.45) is 3.45. The maximum atomic E-state index is 11.1. The Labute approximate surface area is 102 Å². The molecule has 0 spiro atoms. The fourth-order valence-corrected chi connectivity index (χ4v) is 2.41. The summed E-state index contributed by atoms with van der Waals surface area (Å²) < 4.78 is 5.41. The minimum atomic E-state index is 0.282. The molecule has 0 saturated carbocycles. The van der Waals surface area contributed by atoms with Gasteiger partial charge < -0.3 is 9.64 Å². The molecule has 0 amide bonds. The molecule has 1 aliphatic heterocycles. The lowest BCUT2D eigenvalue weighted by Crippen LogP contribution is -2.39. The van der Waals surface area contributed by atoms with E-state index < -0.39 is 0 Å². The molecule has 2 rings (SSSR count). The number of hydrogen-bond donors (Lipinski definition) is 0. The number of hydrogen-bond acceptors (Lipinski definition) is 3. The maximum absolute atomic E-state index is 11.1. The number of carbonyl (C=O) groups is 1. The van der Waals surface area contributed by atoms with Gasteiger partial charge in [0.2, 0.25) is 0 Å². The summed E-state index contributed by atoms with van der Waals surface area (Å²) in [5, 5.41) is 0. The van der Waals surface area contributed by atoms with Gasteiger partial charge in [0.1, 0.15) is 0 Å². The van der Waals surface area contributed by atoms with E-state index in [4.69, 9.17) is 4.74 Å². The Balaban J connectivity index is 2.23. The lowest BCUT2D eigenvalue weighted by atomic mass is 10.0. The van der Waals surface area contributed by atoms with Crippen LogP contribution in [0.2, 0.25) is 0 Å². The number of methoxy groups -OCH3 is 1. The molecular weight excluding hydrogens is 214 g/mol. The minimum absolute atomic E-state index is 0.282. The first-order chi connectivity index (χ1) is 8.24. The third-order valence-corrected chi connectivity index (χ3v) is 3.36. The molecule has 1 heterocycles. The Kier molecular flexibility index (Phi) is 3.79. The van der Waals surface area contributed by atoms with Gasteiger partial charge in [0.15, 0.2) is 6.29 Å². The summed E-state index contributed by atoms with van der Waals surface area (Å²) in [7, 11) is 1.75. The molecule has 0 aromatic heterocycles. The number of aryl methyl sites for hydroxylation is 1. The van der Waals surface area contributed by atoms with Crippen LogP contribution in [-0.2, 0) is 4.74 Å². The standard InChI is InChI=1S/C14H19NO2/c1-11-5-6-14(12(8-11)10-16)15-7-3-4-13(9-15)17-2/h5-6,8,10,13H,3-4,7,9H2,1-2H3. The molecule has 1 atom stereocenters. The van der Waals surface area contributed by atoms with E-state index in [1.807, 2.05) is 19.1 Å². The van der Waals surface area contributed by atoms with Gasteiger partial charge in [-0.1, -0.05) is 11.6 Å². The van der Waals surface area contributed by atoms with E-state index in [1.165, 1.54) is 0 Å². The van der Waals surface area contributed by atoms with Gasteiger partial charge in [-0.15, -0.1) is 0 Å². The van der Waals surface area contributed by atoms with E-state index in [2.05, 4.69) is 11.0 Å². The normalized spacial score (nSPS) is 20.4. The first kappa shape index (κ1) is 12.1. The van der Waals surface area contributed by atoms with Crippen molar-refractivity contribution in [2.75, 3.05) is 25.1 Å². The Hall–Kier alpha value is -1.35. The third-order valence-electron chi connectivity index (χ3n) is 3.36. The van der Waals surface area contributed by atoms with Crippen LogP contribution in [0.4, 0.5) is 5.69 Å². The van der Waals surface area contributed by atoms with Crippen molar-refractivity contribution in [1.82, 2.24) is 0 Å². The van der Waals surface area contributed by atoms with Crippen LogP contribution in [0.3, 0.4) is 0 Å². The molecule has 0 bridgehead atoms. The quantitative estimate of drug-likeness (QED) is 0.751. The van der Waals surface area contributed by atoms with Gasteiger partial charge in [0.25, 0.3) is 0 Å². The van der Waals surface area contributed by atoms with E-state index in [0.717, 1.165) is 49.0 Å². The number of rotatable bonds is 3. The van der Waals surface area contributed by atoms with Crippen molar-refractivity contribution in [3.63, 3.8) is 0 Å². The summed E-state index contributed by atoms with van der Waals surface area (Å²) in [5.41, 5.74) is 2.94. The number of benzene rings is 1. The fourth-order valence-electron chi connectivity index (χ4n) is 2.41. The maximum Gasteiger partial charge on any atom is 0.152 e. The van der Waals surface area contributed by atoms with E-state index in [-0.39, 0.29) is 6.10 Å². The molecule has 3 heteroatoms. The highest BCUT2D eigenvalue weighted by Gasteiger charge is 2.21. The Morgan fingerprint density at radius 2 is 2.29 bits per heavy atom. The van der Waals surface area contributed by atoms with Crippen LogP contribution in [0.5, 0.6) is 0 Å². The number of aldehydes is 1. The van der Waals surface area contributed by atoms with E-state index in [9.17, 15) is 4.79 Å². The van der Waals surface area contributed by atoms with Gasteiger partial charge in [-0.2, -0.15) is 0 Å². The van der Waals surface area contributed by atoms with Crippen molar-refractivity contribution in [1.29, 1.82) is 0 Å². The van der Waals surface area contributed by atoms with Crippen LogP contribution in [0, 0.1) is 6.92 Å². The number of ether oxygens (including phenoxy) is 1. The second-order valence-corrected chi connectivity index (χ2v) is 4.63. The fraction of sp³-hybridized carbons (Fsp3) is 0.500. The predicted octanol–water partition coefficient (Wildman–Crippen LogP) is 2.42. The molecule has 92 valence electrons. The number of carbonyl (C=O) groups excluding carboxylic acids is 1. The lowest BCUT2D eigenvalue weighted by Gasteiger charge is -2.34. The molecule has 1 aromatic carbocycles. The highest BCUT2D eigenvalue weighted by Crippen LogP contribution is 2.24. The average Bonchev–Trinajstić information content (AvgIpc) is 2.38. The summed E-state index contributed by atoms with van der Waals surface area (Å²) >= 11 is 0. The number of piperidine rings is 1. The van der Waals surface area contributed by atoms with Gasteiger partial charge in [-0.25, -0.2) is 0 Å². The van der Waals surface area contributed by atoms with Crippen molar-refractivity contribution in [2.45, 2.75) is 25.9 Å². The second kappa shape index (κ2) is 5.32. The first-order valence-electron chi connectivity index (χ1n) is 6.08. The molecule has 0 aliphatic carbocycles. The van der Waals surface area contributed by atoms with Crippen LogP contribution in [0.25, 0.3) is 0 Å². The second-order valence-electron chi connectivity index (χ2n) is 4.63. The summed E-state index contributed by atoms with van der Waals surface area (Å²) in [6, 6.07) is 6.04. The molecule has 3 nitrogen and oxygen atoms in total. The van der Waals surface area contributed by atoms with Crippen molar-refractivity contribution in [2.24, 2.45) is 0 Å². The summed E-state index contributed by atoms with van der Waals surface area (Å²) in [6.45, 7) is 3.88. The van der Waals surface area contributed by atoms with E-state index >= 15 is 0 Å². The van der Waals surface area contributed by atoms with Crippen molar-refractivity contribution in [3.8, 4) is 0 Å². The molecule has 1 fully saturated rings. The zero-order chi connectivity index (χ0) is 12.3. The summed E-state index contributed by atoms with van der Waals surface area (Å²) in [4.78, 5) is 13.4. The van der Waals surface area contributed by atoms with Gasteiger partial charge in [-0.3, -0.25) is 4.79 Å². The molecule has 17 heavy (non-hydrogen) atoms. The summed E-state index contributed by atoms with van der Waals surface area (Å²) in [5.74, 6) is 0. The van der Waals surface area contributed by atoms with Crippen LogP contribution in [0.1, 0.15) is 28.8 Å². The van der Waals surface area contributed by atoms with Crippen LogP contribution in [-0.4, -0.2) is 32.6 Å². The Morgan fingerprint density at radius 1 is 1.47 bits per heavy atom. The predicted molar refractivity (Wildman–Crippen MR) is 68.8 cm³/mol. The zero-order valence-electron chi connectivity index (χ0n) is 10.5. The molecule has 0 N–H and O–H groups in total. The van der Waals surface area contributed by atoms with Crippen molar-refractivity contribution < 1.29 is 9.53 Å². The molecular formula is C14H19NO2. The van der Waals surface area contributed by atoms with Gasteiger partial charge in [-0.05, 0) is 31.9 Å². The van der Waals surface area contributed by atoms with E-state index in [1.54, 1.807) is 7.11 Å². The third kappa shape index (κ3) is 2.67. The van der Waals surface area contributed by atoms with Crippen molar-refractivity contribution >= 4 is 12.0 Å². The topological polar surface area (TPSA) is 29.5 Å². The lowest BCUT2D eigenvalue weighted by molar-refractivity contribution is 0.0892. The van der Waals surface area contributed by atoms with Gasteiger partial charge in [0.05, 0.1) is 6.10 Å². The number of anilines is 1. The number of nitrogens with zero attached hydrogens (tertiary/aromatic N) is 1. The molecule has 1 saturated heterocycles. The van der Waals surface area contributed by atoms with Gasteiger partial charge in [0, 0.05) is 31.5 Å². The van der Waals surface area contributed by atoms with Crippen LogP contribution in [0.15, 0.2) is 18.2 Å². The average molecular weight is 233 g/mol. The Morgan fingerprint density at radius 3 is 3.00 bits per heavy atom. The molecule has 1 aromatic rings.